The Morgan fingerprint density at radius 3 is 3.05 bits per heavy atom. The van der Waals surface area contributed by atoms with Crippen molar-refractivity contribution in [3.8, 4) is 0 Å². The normalized spacial score (nSPS) is 10.9. The van der Waals surface area contributed by atoms with Gasteiger partial charge in [0.05, 0.1) is 11.2 Å². The number of anilines is 1. The summed E-state index contributed by atoms with van der Waals surface area (Å²) < 4.78 is 12.8. The number of hydrazone groups is 1. The Kier molecular flexibility index (Phi) is 3.86. The van der Waals surface area contributed by atoms with Crippen LogP contribution in [0.1, 0.15) is 11.3 Å². The second kappa shape index (κ2) is 5.57. The maximum absolute atomic E-state index is 12.8. The van der Waals surface area contributed by atoms with Gasteiger partial charge >= 0.3 is 5.69 Å². The fourth-order valence-electron chi connectivity index (χ4n) is 1.27. The van der Waals surface area contributed by atoms with Crippen LogP contribution in [0.25, 0.3) is 0 Å². The fraction of sp³-hybridized carbons (Fsp3) is 0.0909. The maximum Gasteiger partial charge on any atom is 0.363 e. The Bertz CT molecular complexity index is 685. The van der Waals surface area contributed by atoms with E-state index in [0.717, 1.165) is 0 Å². The van der Waals surface area contributed by atoms with Crippen LogP contribution in [0.15, 0.2) is 28.1 Å². The van der Waals surface area contributed by atoms with Crippen molar-refractivity contribution in [1.29, 1.82) is 0 Å². The molecule has 2 aromatic rings. The number of aromatic amines is 1. The van der Waals surface area contributed by atoms with E-state index in [9.17, 15) is 9.18 Å². The van der Waals surface area contributed by atoms with Crippen molar-refractivity contribution in [1.82, 2.24) is 15.2 Å². The molecule has 0 aliphatic carbocycles. The molecule has 1 aromatic carbocycles. The standard InChI is InChI=1S/C11H9ClFN5O/c1-6-10(15-11(19)18-16-6)17-14-5-7-2-3-8(13)4-9(7)12/h2-5H,1H3,(H2,15,17,18,19)/b14-5-. The van der Waals surface area contributed by atoms with E-state index in [1.165, 1.54) is 24.4 Å². The first-order valence-corrected chi connectivity index (χ1v) is 5.61. The Hall–Kier alpha value is -2.28. The molecule has 0 radical (unpaired) electrons. The summed E-state index contributed by atoms with van der Waals surface area (Å²) in [7, 11) is 0. The second-order valence-corrected chi connectivity index (χ2v) is 4.02. The molecule has 2 rings (SSSR count). The summed E-state index contributed by atoms with van der Waals surface area (Å²) in [5.41, 5.74) is 3.01. The summed E-state index contributed by atoms with van der Waals surface area (Å²) in [6, 6.07) is 3.94. The summed E-state index contributed by atoms with van der Waals surface area (Å²) in [5, 5.41) is 10.0. The molecule has 98 valence electrons. The molecule has 0 aliphatic rings. The molecule has 1 heterocycles. The quantitative estimate of drug-likeness (QED) is 0.663. The third-order valence-corrected chi connectivity index (χ3v) is 2.54. The van der Waals surface area contributed by atoms with Crippen molar-refractivity contribution in [3.05, 3.63) is 50.8 Å². The fourth-order valence-corrected chi connectivity index (χ4v) is 1.48. The third kappa shape index (κ3) is 3.35. The lowest BCUT2D eigenvalue weighted by atomic mass is 10.2. The monoisotopic (exact) mass is 281 g/mol. The number of hydrogen-bond donors (Lipinski definition) is 2. The topological polar surface area (TPSA) is 83.0 Å². The third-order valence-electron chi connectivity index (χ3n) is 2.21. The van der Waals surface area contributed by atoms with Crippen LogP contribution in [0.4, 0.5) is 10.2 Å². The van der Waals surface area contributed by atoms with Crippen LogP contribution in [0.3, 0.4) is 0 Å². The minimum atomic E-state index is -0.580. The predicted molar refractivity (Wildman–Crippen MR) is 70.0 cm³/mol. The van der Waals surface area contributed by atoms with Crippen molar-refractivity contribution in [2.75, 3.05) is 5.43 Å². The van der Waals surface area contributed by atoms with Gasteiger partial charge in [-0.25, -0.2) is 14.3 Å². The smallest absolute Gasteiger partial charge is 0.260 e. The van der Waals surface area contributed by atoms with E-state index in [1.807, 2.05) is 0 Å². The average molecular weight is 282 g/mol. The highest BCUT2D eigenvalue weighted by Gasteiger charge is 2.01. The van der Waals surface area contributed by atoms with Gasteiger partial charge in [-0.3, -0.25) is 5.43 Å². The molecule has 0 amide bonds. The second-order valence-electron chi connectivity index (χ2n) is 3.61. The summed E-state index contributed by atoms with van der Waals surface area (Å²) in [6.07, 6.45) is 1.39. The zero-order chi connectivity index (χ0) is 13.8. The number of aromatic nitrogens is 3. The number of hydrogen-bond acceptors (Lipinski definition) is 5. The number of halogens is 2. The van der Waals surface area contributed by atoms with E-state index in [1.54, 1.807) is 6.92 Å². The van der Waals surface area contributed by atoms with E-state index in [0.29, 0.717) is 11.3 Å². The molecular formula is C11H9ClFN5O. The summed E-state index contributed by atoms with van der Waals surface area (Å²) in [5.74, 6) is -0.190. The van der Waals surface area contributed by atoms with Gasteiger partial charge in [0.25, 0.3) is 0 Å². The predicted octanol–water partition coefficient (Wildman–Crippen LogP) is 1.71. The van der Waals surface area contributed by atoms with Crippen LogP contribution in [0.5, 0.6) is 0 Å². The zero-order valence-electron chi connectivity index (χ0n) is 9.82. The number of nitrogens with zero attached hydrogens (tertiary/aromatic N) is 3. The van der Waals surface area contributed by atoms with Gasteiger partial charge in [0, 0.05) is 5.56 Å². The molecule has 0 fully saturated rings. The lowest BCUT2D eigenvalue weighted by molar-refractivity contribution is 0.628. The van der Waals surface area contributed by atoms with Crippen molar-refractivity contribution >= 4 is 23.6 Å². The highest BCUT2D eigenvalue weighted by atomic mass is 35.5. The van der Waals surface area contributed by atoms with Crippen LogP contribution < -0.4 is 11.1 Å². The van der Waals surface area contributed by atoms with Gasteiger partial charge in [-0.1, -0.05) is 11.6 Å². The highest BCUT2D eigenvalue weighted by molar-refractivity contribution is 6.33. The van der Waals surface area contributed by atoms with Gasteiger partial charge in [0.1, 0.15) is 11.5 Å². The van der Waals surface area contributed by atoms with Gasteiger partial charge in [0.2, 0.25) is 0 Å². The van der Waals surface area contributed by atoms with Gasteiger partial charge in [-0.05, 0) is 25.1 Å². The largest absolute Gasteiger partial charge is 0.363 e. The molecular weight excluding hydrogens is 273 g/mol. The SMILES string of the molecule is Cc1n[nH]c(=O)nc1N/N=C\c1ccc(F)cc1Cl. The van der Waals surface area contributed by atoms with Gasteiger partial charge in [-0.2, -0.15) is 15.2 Å². The van der Waals surface area contributed by atoms with Crippen molar-refractivity contribution < 1.29 is 4.39 Å². The van der Waals surface area contributed by atoms with Gasteiger partial charge < -0.3 is 0 Å². The van der Waals surface area contributed by atoms with E-state index in [2.05, 4.69) is 25.7 Å². The van der Waals surface area contributed by atoms with E-state index >= 15 is 0 Å². The minimum Gasteiger partial charge on any atom is -0.260 e. The molecule has 0 saturated heterocycles. The van der Waals surface area contributed by atoms with Crippen LogP contribution in [-0.4, -0.2) is 21.4 Å². The van der Waals surface area contributed by atoms with Crippen LogP contribution in [0, 0.1) is 12.7 Å². The molecule has 0 aliphatic heterocycles. The first-order valence-electron chi connectivity index (χ1n) is 5.24. The number of H-pyrrole nitrogens is 1. The van der Waals surface area contributed by atoms with Crippen molar-refractivity contribution in [2.45, 2.75) is 6.92 Å². The number of nitrogens with one attached hydrogen (secondary N) is 2. The first kappa shape index (κ1) is 13.2. The molecule has 0 spiro atoms. The van der Waals surface area contributed by atoms with Crippen LogP contribution >= 0.6 is 11.6 Å². The van der Waals surface area contributed by atoms with Crippen molar-refractivity contribution in [3.63, 3.8) is 0 Å². The van der Waals surface area contributed by atoms with Crippen molar-refractivity contribution in [2.24, 2.45) is 5.10 Å². The van der Waals surface area contributed by atoms with Gasteiger partial charge in [-0.15, -0.1) is 0 Å². The molecule has 0 unspecified atom stereocenters. The molecule has 0 atom stereocenters. The van der Waals surface area contributed by atoms with E-state index in [4.69, 9.17) is 11.6 Å². The van der Waals surface area contributed by atoms with Crippen LogP contribution in [-0.2, 0) is 0 Å². The Labute approximate surface area is 112 Å². The molecule has 2 N–H and O–H groups in total. The number of rotatable bonds is 3. The molecule has 1 aromatic heterocycles. The molecule has 0 saturated carbocycles. The summed E-state index contributed by atoms with van der Waals surface area (Å²) in [4.78, 5) is 14.6. The molecule has 8 heteroatoms. The average Bonchev–Trinajstić information content (AvgIpc) is 2.36. The number of benzene rings is 1. The molecule has 19 heavy (non-hydrogen) atoms. The molecule has 6 nitrogen and oxygen atoms in total. The lowest BCUT2D eigenvalue weighted by Gasteiger charge is -2.01. The Morgan fingerprint density at radius 1 is 1.53 bits per heavy atom. The summed E-state index contributed by atoms with van der Waals surface area (Å²) >= 11 is 5.83. The number of aryl methyl sites for hydroxylation is 1. The first-order chi connectivity index (χ1) is 9.06. The summed E-state index contributed by atoms with van der Waals surface area (Å²) in [6.45, 7) is 1.66. The highest BCUT2D eigenvalue weighted by Crippen LogP contribution is 2.15. The maximum atomic E-state index is 12.8. The minimum absolute atomic E-state index is 0.234. The molecule has 0 bridgehead atoms. The Morgan fingerprint density at radius 2 is 2.32 bits per heavy atom. The van der Waals surface area contributed by atoms with E-state index < -0.39 is 11.5 Å². The van der Waals surface area contributed by atoms with E-state index in [-0.39, 0.29) is 10.8 Å². The van der Waals surface area contributed by atoms with Crippen LogP contribution in [0.2, 0.25) is 5.02 Å². The van der Waals surface area contributed by atoms with Gasteiger partial charge in [0.15, 0.2) is 5.82 Å². The zero-order valence-corrected chi connectivity index (χ0v) is 10.6. The Balaban J connectivity index is 2.15. The lowest BCUT2D eigenvalue weighted by Crippen LogP contribution is -2.15.